The number of carbonyl (C=O) groups excluding carboxylic acids is 3. The van der Waals surface area contributed by atoms with E-state index in [0.717, 1.165) is 48.2 Å². The smallest absolute Gasteiger partial charge is 0.322 e. The Labute approximate surface area is 259 Å². The summed E-state index contributed by atoms with van der Waals surface area (Å²) in [5.74, 6) is 0.513. The van der Waals surface area contributed by atoms with Crippen LogP contribution in [0.25, 0.3) is 5.69 Å². The van der Waals surface area contributed by atoms with Gasteiger partial charge in [-0.15, -0.1) is 11.8 Å². The van der Waals surface area contributed by atoms with Crippen molar-refractivity contribution in [3.8, 4) is 5.69 Å². The van der Waals surface area contributed by atoms with Gasteiger partial charge in [-0.2, -0.15) is 5.10 Å². The third-order valence-corrected chi connectivity index (χ3v) is 10.3. The number of amides is 4. The molecule has 2 saturated heterocycles. The SMILES string of the molecule is CC(C)CCN1C(=O)C(CC(=O)N2CCC(N3CCc4ccccc4NC3=O)CC2)SC1c1ccccc1-n1cccn1.[HH]. The second-order valence-corrected chi connectivity index (χ2v) is 13.3. The predicted molar refractivity (Wildman–Crippen MR) is 171 cm³/mol. The van der Waals surface area contributed by atoms with Crippen LogP contribution < -0.4 is 5.32 Å². The van der Waals surface area contributed by atoms with Gasteiger partial charge in [-0.25, -0.2) is 9.48 Å². The van der Waals surface area contributed by atoms with Crippen LogP contribution in [0.15, 0.2) is 67.0 Å². The summed E-state index contributed by atoms with van der Waals surface area (Å²) in [5, 5.41) is 6.90. The number of benzene rings is 2. The summed E-state index contributed by atoms with van der Waals surface area (Å²) in [6, 6.07) is 18.0. The number of nitrogens with zero attached hydrogens (tertiary/aromatic N) is 5. The van der Waals surface area contributed by atoms with Crippen molar-refractivity contribution in [1.82, 2.24) is 24.5 Å². The second kappa shape index (κ2) is 12.8. The molecule has 4 heterocycles. The van der Waals surface area contributed by atoms with E-state index in [0.29, 0.717) is 32.1 Å². The van der Waals surface area contributed by atoms with Crippen LogP contribution in [0.1, 0.15) is 57.5 Å². The van der Waals surface area contributed by atoms with E-state index in [1.54, 1.807) is 18.0 Å². The van der Waals surface area contributed by atoms with Crippen molar-refractivity contribution in [2.24, 2.45) is 5.92 Å². The topological polar surface area (TPSA) is 90.8 Å². The third-order valence-electron chi connectivity index (χ3n) is 8.80. The quantitative estimate of drug-likeness (QED) is 0.364. The molecule has 2 fully saturated rings. The first kappa shape index (κ1) is 29.3. The Morgan fingerprint density at radius 3 is 2.58 bits per heavy atom. The predicted octanol–water partition coefficient (Wildman–Crippen LogP) is 5.58. The Hall–Kier alpha value is -3.79. The van der Waals surface area contributed by atoms with Crippen LogP contribution in [0.3, 0.4) is 0 Å². The summed E-state index contributed by atoms with van der Waals surface area (Å²) in [6.45, 7) is 6.84. The first-order chi connectivity index (χ1) is 20.9. The lowest BCUT2D eigenvalue weighted by atomic mass is 10.0. The Morgan fingerprint density at radius 1 is 1.05 bits per heavy atom. The Bertz CT molecular complexity index is 1460. The normalized spacial score (nSPS) is 21.2. The number of carbonyl (C=O) groups is 3. The number of anilines is 1. The molecule has 2 unspecified atom stereocenters. The van der Waals surface area contributed by atoms with Gasteiger partial charge in [0.15, 0.2) is 0 Å². The van der Waals surface area contributed by atoms with E-state index in [2.05, 4.69) is 36.4 Å². The van der Waals surface area contributed by atoms with Gasteiger partial charge < -0.3 is 20.0 Å². The Morgan fingerprint density at radius 2 is 1.81 bits per heavy atom. The number of thioether (sulfide) groups is 1. The average Bonchev–Trinajstić information content (AvgIpc) is 3.61. The van der Waals surface area contributed by atoms with Crippen LogP contribution in [0.5, 0.6) is 0 Å². The minimum Gasteiger partial charge on any atom is -0.342 e. The minimum absolute atomic E-state index is 0. The molecule has 6 rings (SSSR count). The van der Waals surface area contributed by atoms with E-state index in [1.807, 2.05) is 68.0 Å². The summed E-state index contributed by atoms with van der Waals surface area (Å²) in [4.78, 5) is 46.2. The van der Waals surface area contributed by atoms with Crippen LogP contribution in [0.2, 0.25) is 0 Å². The van der Waals surface area contributed by atoms with Crippen LogP contribution in [-0.4, -0.2) is 79.8 Å². The van der Waals surface area contributed by atoms with Crippen molar-refractivity contribution >= 4 is 35.3 Å². The standard InChI is InChI=1S/C33H40N6O3S.H2/c1-23(2)12-20-38-31(41)29(43-32(38)26-9-4-6-11-28(26)39-17-7-16-34-39)22-30(40)36-18-14-25(15-19-36)37-21-13-24-8-3-5-10-27(24)35-33(37)42;/h3-11,16-17,23,25,29,32H,12-15,18-22H2,1-2H3,(H,35,42);1H. The number of aromatic nitrogens is 2. The largest absolute Gasteiger partial charge is 0.342 e. The molecule has 1 N–H and O–H groups in total. The zero-order chi connectivity index (χ0) is 29.9. The van der Waals surface area contributed by atoms with Crippen molar-refractivity contribution < 1.29 is 15.8 Å². The lowest BCUT2D eigenvalue weighted by molar-refractivity contribution is -0.136. The average molecular weight is 603 g/mol. The van der Waals surface area contributed by atoms with Crippen molar-refractivity contribution in [2.45, 2.75) is 62.6 Å². The first-order valence-electron chi connectivity index (χ1n) is 15.4. The van der Waals surface area contributed by atoms with Gasteiger partial charge in [0.25, 0.3) is 0 Å². The number of para-hydroxylation sites is 2. The van der Waals surface area contributed by atoms with Gasteiger partial charge in [0, 0.05) is 63.7 Å². The molecule has 2 atom stereocenters. The van der Waals surface area contributed by atoms with E-state index >= 15 is 0 Å². The summed E-state index contributed by atoms with van der Waals surface area (Å²) in [6.07, 6.45) is 7.04. The molecule has 10 heteroatoms. The summed E-state index contributed by atoms with van der Waals surface area (Å²) < 4.78 is 1.84. The van der Waals surface area contributed by atoms with Crippen molar-refractivity contribution in [3.05, 3.63) is 78.1 Å². The van der Waals surface area contributed by atoms with E-state index < -0.39 is 5.25 Å². The fraction of sp³-hybridized carbons (Fsp3) is 0.455. The van der Waals surface area contributed by atoms with Crippen LogP contribution in [0.4, 0.5) is 10.5 Å². The molecule has 43 heavy (non-hydrogen) atoms. The highest BCUT2D eigenvalue weighted by Crippen LogP contribution is 2.46. The van der Waals surface area contributed by atoms with Crippen LogP contribution in [0, 0.1) is 5.92 Å². The van der Waals surface area contributed by atoms with Crippen molar-refractivity contribution in [1.29, 1.82) is 0 Å². The molecule has 9 nitrogen and oxygen atoms in total. The number of rotatable bonds is 8. The maximum Gasteiger partial charge on any atom is 0.322 e. The highest BCUT2D eigenvalue weighted by atomic mass is 32.2. The van der Waals surface area contributed by atoms with E-state index in [-0.39, 0.29) is 37.1 Å². The van der Waals surface area contributed by atoms with Crippen molar-refractivity contribution in [2.75, 3.05) is 31.5 Å². The zero-order valence-corrected chi connectivity index (χ0v) is 25.7. The number of hydrogen-bond acceptors (Lipinski definition) is 5. The van der Waals surface area contributed by atoms with Gasteiger partial charge in [0.1, 0.15) is 5.37 Å². The maximum absolute atomic E-state index is 13.8. The molecule has 0 bridgehead atoms. The highest BCUT2D eigenvalue weighted by molar-refractivity contribution is 8.01. The molecule has 0 saturated carbocycles. The van der Waals surface area contributed by atoms with E-state index in [9.17, 15) is 14.4 Å². The fourth-order valence-corrected chi connectivity index (χ4v) is 7.86. The van der Waals surface area contributed by atoms with Gasteiger partial charge in [0.05, 0.1) is 10.9 Å². The van der Waals surface area contributed by atoms with Gasteiger partial charge in [0.2, 0.25) is 11.8 Å². The Kier molecular flexibility index (Phi) is 8.74. The molecule has 2 aromatic carbocycles. The van der Waals surface area contributed by atoms with Gasteiger partial charge in [-0.3, -0.25) is 9.59 Å². The van der Waals surface area contributed by atoms with Crippen LogP contribution in [-0.2, 0) is 16.0 Å². The number of likely N-dealkylation sites (tertiary alicyclic amines) is 1. The molecule has 4 amide bonds. The molecule has 0 aliphatic carbocycles. The third kappa shape index (κ3) is 6.30. The molecule has 228 valence electrons. The molecular formula is C33H42N6O3S. The lowest BCUT2D eigenvalue weighted by Gasteiger charge is -2.38. The summed E-state index contributed by atoms with van der Waals surface area (Å²) >= 11 is 1.58. The van der Waals surface area contributed by atoms with Gasteiger partial charge in [-0.1, -0.05) is 50.2 Å². The van der Waals surface area contributed by atoms with E-state index in [4.69, 9.17) is 0 Å². The Balaban J connectivity index is 0.00000384. The monoisotopic (exact) mass is 602 g/mol. The first-order valence-corrected chi connectivity index (χ1v) is 16.3. The number of fused-ring (bicyclic) bond motifs is 1. The number of piperidine rings is 1. The number of urea groups is 1. The molecule has 0 radical (unpaired) electrons. The number of nitrogens with one attached hydrogen (secondary N) is 1. The molecule has 3 aliphatic heterocycles. The molecule has 1 aromatic heterocycles. The zero-order valence-electron chi connectivity index (χ0n) is 24.9. The molecule has 3 aromatic rings. The van der Waals surface area contributed by atoms with Crippen molar-refractivity contribution in [3.63, 3.8) is 0 Å². The maximum atomic E-state index is 13.8. The minimum atomic E-state index is -0.428. The highest BCUT2D eigenvalue weighted by Gasteiger charge is 2.43. The van der Waals surface area contributed by atoms with Gasteiger partial charge in [-0.05, 0) is 55.4 Å². The van der Waals surface area contributed by atoms with E-state index in [1.165, 1.54) is 0 Å². The molecule has 3 aliphatic rings. The fourth-order valence-electron chi connectivity index (χ4n) is 6.36. The second-order valence-electron chi connectivity index (χ2n) is 12.0. The van der Waals surface area contributed by atoms with Crippen LogP contribution >= 0.6 is 11.8 Å². The molecular weight excluding hydrogens is 560 g/mol. The summed E-state index contributed by atoms with van der Waals surface area (Å²) in [7, 11) is 0. The summed E-state index contributed by atoms with van der Waals surface area (Å²) in [5.41, 5.74) is 4.01. The lowest BCUT2D eigenvalue weighted by Crippen LogP contribution is -2.50. The van der Waals surface area contributed by atoms with Gasteiger partial charge >= 0.3 is 6.03 Å². The number of hydrogen-bond donors (Lipinski definition) is 1. The molecule has 0 spiro atoms.